The predicted octanol–water partition coefficient (Wildman–Crippen LogP) is 0.898. The molecule has 0 atom stereocenters. The van der Waals surface area contributed by atoms with Gasteiger partial charge >= 0.3 is 0 Å². The Kier molecular flexibility index (Phi) is 8.74. The summed E-state index contributed by atoms with van der Waals surface area (Å²) < 4.78 is 5.40. The van der Waals surface area contributed by atoms with Gasteiger partial charge in [-0.25, -0.2) is 4.98 Å². The van der Waals surface area contributed by atoms with Crippen molar-refractivity contribution in [3.05, 3.63) is 58.7 Å². The Balaban J connectivity index is 1.30. The second-order valence-corrected chi connectivity index (χ2v) is 8.73. The number of amides is 2. The Bertz CT molecular complexity index is 1020. The summed E-state index contributed by atoms with van der Waals surface area (Å²) >= 11 is 0. The molecule has 0 saturated carbocycles. The van der Waals surface area contributed by atoms with Crippen molar-refractivity contribution in [2.24, 2.45) is 0 Å². The van der Waals surface area contributed by atoms with Crippen molar-refractivity contribution >= 4 is 23.2 Å². The summed E-state index contributed by atoms with van der Waals surface area (Å²) in [5, 5.41) is 10.9. The Labute approximate surface area is 209 Å². The quantitative estimate of drug-likeness (QED) is 0.367. The van der Waals surface area contributed by atoms with E-state index in [0.717, 1.165) is 18.8 Å². The summed E-state index contributed by atoms with van der Waals surface area (Å²) in [7, 11) is 0. The minimum Gasteiger partial charge on any atom is -0.379 e. The largest absolute Gasteiger partial charge is 0.379 e. The Morgan fingerprint density at radius 1 is 1.00 bits per heavy atom. The Morgan fingerprint density at radius 2 is 1.72 bits per heavy atom. The topological polar surface area (TPSA) is 125 Å². The number of nitro benzene ring substituents is 1. The predicted molar refractivity (Wildman–Crippen MR) is 132 cm³/mol. The van der Waals surface area contributed by atoms with Gasteiger partial charge < -0.3 is 19.4 Å². The first-order valence-electron chi connectivity index (χ1n) is 12.1. The van der Waals surface area contributed by atoms with Crippen LogP contribution in [0.1, 0.15) is 16.9 Å². The molecule has 2 saturated heterocycles. The second kappa shape index (κ2) is 12.4. The highest BCUT2D eigenvalue weighted by Crippen LogP contribution is 2.21. The van der Waals surface area contributed by atoms with Gasteiger partial charge in [-0.05, 0) is 12.1 Å². The van der Waals surface area contributed by atoms with Crippen LogP contribution >= 0.6 is 0 Å². The molecule has 1 aromatic heterocycles. The first-order valence-corrected chi connectivity index (χ1v) is 12.1. The molecule has 2 amide bonds. The van der Waals surface area contributed by atoms with Gasteiger partial charge in [-0.15, -0.1) is 0 Å². The fraction of sp³-hybridized carbons (Fsp3) is 0.500. The lowest BCUT2D eigenvalue weighted by atomic mass is 10.2. The van der Waals surface area contributed by atoms with Crippen molar-refractivity contribution in [2.75, 3.05) is 77.0 Å². The van der Waals surface area contributed by atoms with Crippen molar-refractivity contribution in [3.8, 4) is 0 Å². The molecular formula is C24H31N7O5. The van der Waals surface area contributed by atoms with Gasteiger partial charge in [0.05, 0.1) is 24.3 Å². The molecule has 12 nitrogen and oxygen atoms in total. The van der Waals surface area contributed by atoms with E-state index in [1.165, 1.54) is 30.7 Å². The normalized spacial score (nSPS) is 16.6. The number of anilines is 1. The molecular weight excluding hydrogens is 466 g/mol. The molecule has 2 aromatic rings. The highest BCUT2D eigenvalue weighted by Gasteiger charge is 2.24. The third kappa shape index (κ3) is 6.73. The number of non-ortho nitro benzene ring substituents is 1. The number of piperazine rings is 1. The van der Waals surface area contributed by atoms with E-state index in [4.69, 9.17) is 4.74 Å². The van der Waals surface area contributed by atoms with E-state index in [2.05, 4.69) is 19.8 Å². The van der Waals surface area contributed by atoms with E-state index in [1.54, 1.807) is 17.0 Å². The van der Waals surface area contributed by atoms with Gasteiger partial charge in [-0.2, -0.15) is 0 Å². The van der Waals surface area contributed by atoms with Gasteiger partial charge in [-0.1, -0.05) is 0 Å². The molecule has 0 unspecified atom stereocenters. The van der Waals surface area contributed by atoms with E-state index < -0.39 is 4.92 Å². The van der Waals surface area contributed by atoms with E-state index in [-0.39, 0.29) is 29.6 Å². The molecule has 1 aromatic carbocycles. The molecule has 12 heteroatoms. The molecule has 2 fully saturated rings. The zero-order valence-electron chi connectivity index (χ0n) is 20.2. The lowest BCUT2D eigenvalue weighted by molar-refractivity contribution is -0.384. The average Bonchev–Trinajstić information content (AvgIpc) is 2.94. The SMILES string of the molecule is O=C(CCN(CCN1CCOCC1)C(=O)c1cnccn1)N1CCN(c2ccc([N+](=O)[O-])cc2)CC1. The van der Waals surface area contributed by atoms with Crippen LogP contribution in [0.15, 0.2) is 42.9 Å². The van der Waals surface area contributed by atoms with Crippen molar-refractivity contribution in [3.63, 3.8) is 0 Å². The fourth-order valence-electron chi connectivity index (χ4n) is 4.36. The van der Waals surface area contributed by atoms with Crippen LogP contribution in [0.3, 0.4) is 0 Å². The number of ether oxygens (including phenoxy) is 1. The maximum atomic E-state index is 13.1. The Morgan fingerprint density at radius 3 is 2.36 bits per heavy atom. The zero-order valence-corrected chi connectivity index (χ0v) is 20.2. The molecule has 3 heterocycles. The van der Waals surface area contributed by atoms with E-state index in [9.17, 15) is 19.7 Å². The smallest absolute Gasteiger partial charge is 0.274 e. The summed E-state index contributed by atoms with van der Waals surface area (Å²) in [6.07, 6.45) is 4.69. The maximum absolute atomic E-state index is 13.1. The molecule has 4 rings (SSSR count). The minimum atomic E-state index is -0.417. The van der Waals surface area contributed by atoms with Crippen LogP contribution in [0.2, 0.25) is 0 Å². The van der Waals surface area contributed by atoms with E-state index in [1.807, 2.05) is 4.90 Å². The van der Waals surface area contributed by atoms with E-state index >= 15 is 0 Å². The van der Waals surface area contributed by atoms with Crippen LogP contribution in [0.5, 0.6) is 0 Å². The van der Waals surface area contributed by atoms with Crippen LogP contribution in [0, 0.1) is 10.1 Å². The van der Waals surface area contributed by atoms with Crippen molar-refractivity contribution in [2.45, 2.75) is 6.42 Å². The van der Waals surface area contributed by atoms with Crippen molar-refractivity contribution in [1.82, 2.24) is 24.7 Å². The minimum absolute atomic E-state index is 0.00154. The summed E-state index contributed by atoms with van der Waals surface area (Å²) in [6, 6.07) is 6.46. The molecule has 2 aliphatic rings. The number of hydrogen-bond acceptors (Lipinski definition) is 9. The molecule has 0 aliphatic carbocycles. The second-order valence-electron chi connectivity index (χ2n) is 8.73. The molecule has 0 spiro atoms. The third-order valence-corrected chi connectivity index (χ3v) is 6.51. The summed E-state index contributed by atoms with van der Waals surface area (Å²) in [4.78, 5) is 52.5. The van der Waals surface area contributed by atoms with Crippen LogP contribution < -0.4 is 4.90 Å². The standard InChI is InChI=1S/C24H31N7O5/c32-23(29-13-11-28(12-14-29)20-1-3-21(4-2-20)31(34)35)5-8-30(10-9-27-15-17-36-18-16-27)24(33)22-19-25-6-7-26-22/h1-4,6-7,19H,5,8-18H2. The number of rotatable bonds is 9. The van der Waals surface area contributed by atoms with Gasteiger partial charge in [0.15, 0.2) is 0 Å². The molecule has 0 radical (unpaired) electrons. The lowest BCUT2D eigenvalue weighted by Crippen LogP contribution is -2.49. The number of nitro groups is 1. The Hall–Kier alpha value is -3.64. The lowest BCUT2D eigenvalue weighted by Gasteiger charge is -2.36. The molecule has 2 aliphatic heterocycles. The number of aromatic nitrogens is 2. The van der Waals surface area contributed by atoms with Crippen molar-refractivity contribution < 1.29 is 19.2 Å². The third-order valence-electron chi connectivity index (χ3n) is 6.51. The first kappa shape index (κ1) is 25.5. The van der Waals surface area contributed by atoms with Gasteiger partial charge in [0.25, 0.3) is 11.6 Å². The number of carbonyl (C=O) groups excluding carboxylic acids is 2. The molecule has 36 heavy (non-hydrogen) atoms. The monoisotopic (exact) mass is 497 g/mol. The van der Waals surface area contributed by atoms with Crippen LogP contribution in [-0.4, -0.2) is 114 Å². The summed E-state index contributed by atoms with van der Waals surface area (Å²) in [6.45, 7) is 6.92. The van der Waals surface area contributed by atoms with Crippen LogP contribution in [-0.2, 0) is 9.53 Å². The zero-order chi connectivity index (χ0) is 25.3. The van der Waals surface area contributed by atoms with Gasteiger partial charge in [0.1, 0.15) is 5.69 Å². The van der Waals surface area contributed by atoms with Gasteiger partial charge in [0.2, 0.25) is 5.91 Å². The van der Waals surface area contributed by atoms with Crippen LogP contribution in [0.4, 0.5) is 11.4 Å². The van der Waals surface area contributed by atoms with Gasteiger partial charge in [0, 0.05) is 95.5 Å². The van der Waals surface area contributed by atoms with Gasteiger partial charge in [-0.3, -0.25) is 29.6 Å². The van der Waals surface area contributed by atoms with E-state index in [0.29, 0.717) is 59.0 Å². The molecule has 0 N–H and O–H groups in total. The highest BCUT2D eigenvalue weighted by molar-refractivity contribution is 5.92. The number of hydrogen-bond donors (Lipinski definition) is 0. The number of benzene rings is 1. The number of carbonyl (C=O) groups is 2. The highest BCUT2D eigenvalue weighted by atomic mass is 16.6. The first-order chi connectivity index (χ1) is 17.5. The average molecular weight is 498 g/mol. The van der Waals surface area contributed by atoms with Crippen LogP contribution in [0.25, 0.3) is 0 Å². The maximum Gasteiger partial charge on any atom is 0.274 e. The number of morpholine rings is 1. The number of nitrogens with zero attached hydrogens (tertiary/aromatic N) is 7. The summed E-state index contributed by atoms with van der Waals surface area (Å²) in [5.74, 6) is -0.228. The molecule has 192 valence electrons. The fourth-order valence-corrected chi connectivity index (χ4v) is 4.36. The molecule has 0 bridgehead atoms. The van der Waals surface area contributed by atoms with Crippen molar-refractivity contribution in [1.29, 1.82) is 0 Å². The summed E-state index contributed by atoms with van der Waals surface area (Å²) in [5.41, 5.74) is 1.22.